The van der Waals surface area contributed by atoms with Gasteiger partial charge in [0.2, 0.25) is 5.91 Å². The SMILES string of the molecule is CCC(CC)(CCl)NC(=O)C(C)(C)CC. The van der Waals surface area contributed by atoms with E-state index in [1.807, 2.05) is 20.8 Å². The summed E-state index contributed by atoms with van der Waals surface area (Å²) < 4.78 is 0. The van der Waals surface area contributed by atoms with Gasteiger partial charge in [0.1, 0.15) is 0 Å². The molecule has 0 saturated carbocycles. The van der Waals surface area contributed by atoms with Gasteiger partial charge in [0.15, 0.2) is 0 Å². The number of carbonyl (C=O) groups excluding carboxylic acids is 1. The first kappa shape index (κ1) is 14.8. The number of halogens is 1. The standard InChI is InChI=1S/C12H24ClNO/c1-6-11(4,5)10(15)14-12(7-2,8-3)9-13/h6-9H2,1-5H3,(H,14,15). The summed E-state index contributed by atoms with van der Waals surface area (Å²) in [5.74, 6) is 0.584. The van der Waals surface area contributed by atoms with Crippen LogP contribution in [-0.2, 0) is 4.79 Å². The van der Waals surface area contributed by atoms with E-state index >= 15 is 0 Å². The van der Waals surface area contributed by atoms with Crippen LogP contribution >= 0.6 is 11.6 Å². The molecule has 0 aromatic rings. The van der Waals surface area contributed by atoms with Crippen LogP contribution in [0.15, 0.2) is 0 Å². The van der Waals surface area contributed by atoms with Crippen LogP contribution in [-0.4, -0.2) is 17.3 Å². The highest BCUT2D eigenvalue weighted by atomic mass is 35.5. The molecule has 1 N–H and O–H groups in total. The molecule has 0 heterocycles. The molecule has 2 nitrogen and oxygen atoms in total. The van der Waals surface area contributed by atoms with E-state index in [1.54, 1.807) is 0 Å². The van der Waals surface area contributed by atoms with Gasteiger partial charge in [-0.1, -0.05) is 34.6 Å². The Hall–Kier alpha value is -0.240. The summed E-state index contributed by atoms with van der Waals surface area (Å²) in [5.41, 5.74) is -0.535. The summed E-state index contributed by atoms with van der Waals surface area (Å²) in [6.07, 6.45) is 2.59. The van der Waals surface area contributed by atoms with Gasteiger partial charge in [0, 0.05) is 11.3 Å². The average Bonchev–Trinajstić information content (AvgIpc) is 2.25. The summed E-state index contributed by atoms with van der Waals surface area (Å²) in [7, 11) is 0. The van der Waals surface area contributed by atoms with E-state index in [0.717, 1.165) is 19.3 Å². The van der Waals surface area contributed by atoms with Crippen LogP contribution in [0, 0.1) is 5.41 Å². The molecular weight excluding hydrogens is 210 g/mol. The molecule has 0 radical (unpaired) electrons. The van der Waals surface area contributed by atoms with Crippen LogP contribution in [0.2, 0.25) is 0 Å². The first-order valence-corrected chi connectivity index (χ1v) is 6.29. The predicted octanol–water partition coefficient (Wildman–Crippen LogP) is 3.34. The van der Waals surface area contributed by atoms with Crippen molar-refractivity contribution in [2.45, 2.75) is 59.4 Å². The zero-order valence-corrected chi connectivity index (χ0v) is 11.4. The van der Waals surface area contributed by atoms with Crippen molar-refractivity contribution in [1.29, 1.82) is 0 Å². The number of rotatable bonds is 6. The van der Waals surface area contributed by atoms with E-state index < -0.39 is 0 Å². The molecule has 90 valence electrons. The number of hydrogen-bond donors (Lipinski definition) is 1. The quantitative estimate of drug-likeness (QED) is 0.701. The van der Waals surface area contributed by atoms with E-state index in [-0.39, 0.29) is 16.9 Å². The highest BCUT2D eigenvalue weighted by Crippen LogP contribution is 2.24. The van der Waals surface area contributed by atoms with Crippen molar-refractivity contribution in [2.75, 3.05) is 5.88 Å². The summed E-state index contributed by atoms with van der Waals surface area (Å²) >= 11 is 5.95. The summed E-state index contributed by atoms with van der Waals surface area (Å²) in [5, 5.41) is 3.10. The average molecular weight is 234 g/mol. The fourth-order valence-electron chi connectivity index (χ4n) is 1.22. The molecule has 1 amide bonds. The van der Waals surface area contributed by atoms with E-state index in [1.165, 1.54) is 0 Å². The monoisotopic (exact) mass is 233 g/mol. The van der Waals surface area contributed by atoms with Gasteiger partial charge in [-0.25, -0.2) is 0 Å². The molecule has 0 atom stereocenters. The minimum absolute atomic E-state index is 0.106. The Balaban J connectivity index is 4.62. The Morgan fingerprint density at radius 2 is 1.60 bits per heavy atom. The van der Waals surface area contributed by atoms with Crippen molar-refractivity contribution in [3.8, 4) is 0 Å². The second-order valence-corrected chi connectivity index (χ2v) is 5.08. The maximum absolute atomic E-state index is 12.0. The number of carbonyl (C=O) groups is 1. The molecule has 0 aliphatic carbocycles. The molecular formula is C12H24ClNO. The van der Waals surface area contributed by atoms with Crippen LogP contribution in [0.1, 0.15) is 53.9 Å². The molecule has 0 aromatic carbocycles. The van der Waals surface area contributed by atoms with Gasteiger partial charge < -0.3 is 5.32 Å². The lowest BCUT2D eigenvalue weighted by atomic mass is 9.86. The fourth-order valence-corrected chi connectivity index (χ4v) is 1.66. The molecule has 0 aliphatic rings. The molecule has 0 bridgehead atoms. The second-order valence-electron chi connectivity index (χ2n) is 4.81. The Labute approximate surface area is 98.8 Å². The highest BCUT2D eigenvalue weighted by Gasteiger charge is 2.33. The molecule has 0 aromatic heterocycles. The van der Waals surface area contributed by atoms with Crippen molar-refractivity contribution < 1.29 is 4.79 Å². The van der Waals surface area contributed by atoms with E-state index in [2.05, 4.69) is 19.2 Å². The topological polar surface area (TPSA) is 29.1 Å². The largest absolute Gasteiger partial charge is 0.349 e. The molecule has 0 aliphatic heterocycles. The lowest BCUT2D eigenvalue weighted by Gasteiger charge is -2.34. The third-order valence-corrected chi connectivity index (χ3v) is 4.00. The van der Waals surface area contributed by atoms with Gasteiger partial charge in [0.05, 0.1) is 5.54 Å². The third-order valence-electron chi connectivity index (χ3n) is 3.49. The van der Waals surface area contributed by atoms with E-state index in [9.17, 15) is 4.79 Å². The van der Waals surface area contributed by atoms with Gasteiger partial charge in [0.25, 0.3) is 0 Å². The number of amides is 1. The van der Waals surface area contributed by atoms with Crippen molar-refractivity contribution in [2.24, 2.45) is 5.41 Å². The second kappa shape index (κ2) is 5.74. The molecule has 0 saturated heterocycles. The van der Waals surface area contributed by atoms with Gasteiger partial charge in [-0.2, -0.15) is 0 Å². The first-order valence-electron chi connectivity index (χ1n) is 5.76. The zero-order chi connectivity index (χ0) is 12.1. The van der Waals surface area contributed by atoms with Crippen molar-refractivity contribution in [1.82, 2.24) is 5.32 Å². The molecule has 15 heavy (non-hydrogen) atoms. The lowest BCUT2D eigenvalue weighted by molar-refractivity contribution is -0.131. The first-order chi connectivity index (χ1) is 6.87. The van der Waals surface area contributed by atoms with Crippen LogP contribution in [0.5, 0.6) is 0 Å². The maximum Gasteiger partial charge on any atom is 0.226 e. The fraction of sp³-hybridized carbons (Fsp3) is 0.917. The van der Waals surface area contributed by atoms with Gasteiger partial charge in [-0.15, -0.1) is 11.6 Å². The Bertz CT molecular complexity index is 201. The lowest BCUT2D eigenvalue weighted by Crippen LogP contribution is -2.53. The number of alkyl halides is 1. The Morgan fingerprint density at radius 1 is 1.13 bits per heavy atom. The Kier molecular flexibility index (Phi) is 5.65. The molecule has 0 spiro atoms. The predicted molar refractivity (Wildman–Crippen MR) is 66.2 cm³/mol. The van der Waals surface area contributed by atoms with Crippen molar-refractivity contribution >= 4 is 17.5 Å². The van der Waals surface area contributed by atoms with E-state index in [4.69, 9.17) is 11.6 Å². The highest BCUT2D eigenvalue weighted by molar-refractivity contribution is 6.18. The molecule has 0 rings (SSSR count). The van der Waals surface area contributed by atoms with Crippen LogP contribution < -0.4 is 5.32 Å². The minimum atomic E-state index is -0.304. The third kappa shape index (κ3) is 3.67. The normalized spacial score (nSPS) is 12.7. The number of nitrogens with one attached hydrogen (secondary N) is 1. The van der Waals surface area contributed by atoms with Crippen molar-refractivity contribution in [3.63, 3.8) is 0 Å². The summed E-state index contributed by atoms with van der Waals surface area (Å²) in [6, 6.07) is 0. The van der Waals surface area contributed by atoms with Crippen LogP contribution in [0.25, 0.3) is 0 Å². The van der Waals surface area contributed by atoms with Crippen LogP contribution in [0.3, 0.4) is 0 Å². The Morgan fingerprint density at radius 3 is 1.87 bits per heavy atom. The van der Waals surface area contributed by atoms with Gasteiger partial charge in [-0.05, 0) is 19.3 Å². The molecule has 0 unspecified atom stereocenters. The zero-order valence-electron chi connectivity index (χ0n) is 10.6. The van der Waals surface area contributed by atoms with E-state index in [0.29, 0.717) is 5.88 Å². The number of hydrogen-bond acceptors (Lipinski definition) is 1. The minimum Gasteiger partial charge on any atom is -0.349 e. The van der Waals surface area contributed by atoms with Gasteiger partial charge >= 0.3 is 0 Å². The summed E-state index contributed by atoms with van der Waals surface area (Å²) in [4.78, 5) is 12.0. The smallest absolute Gasteiger partial charge is 0.226 e. The van der Waals surface area contributed by atoms with Gasteiger partial charge in [-0.3, -0.25) is 4.79 Å². The summed E-state index contributed by atoms with van der Waals surface area (Å²) in [6.45, 7) is 10.1. The molecule has 0 fully saturated rings. The van der Waals surface area contributed by atoms with Crippen molar-refractivity contribution in [3.05, 3.63) is 0 Å². The van der Waals surface area contributed by atoms with Crippen LogP contribution in [0.4, 0.5) is 0 Å². The maximum atomic E-state index is 12.0. The molecule has 3 heteroatoms.